The Hall–Kier alpha value is -1.56. The first-order valence-corrected chi connectivity index (χ1v) is 5.87. The molecule has 2 heterocycles. The molecule has 0 fully saturated rings. The highest BCUT2D eigenvalue weighted by Gasteiger charge is 2.19. The molecule has 1 atom stereocenters. The summed E-state index contributed by atoms with van der Waals surface area (Å²) < 4.78 is 7.08. The first-order valence-electron chi connectivity index (χ1n) is 5.87. The Kier molecular flexibility index (Phi) is 3.63. The van der Waals surface area contributed by atoms with Crippen LogP contribution in [0.2, 0.25) is 0 Å². The molecule has 1 aromatic rings. The van der Waals surface area contributed by atoms with Crippen molar-refractivity contribution < 1.29 is 14.6 Å². The molecule has 0 saturated carbocycles. The van der Waals surface area contributed by atoms with Crippen molar-refractivity contribution in [2.24, 2.45) is 0 Å². The molecule has 17 heavy (non-hydrogen) atoms. The third-order valence-corrected chi connectivity index (χ3v) is 2.79. The molecule has 1 amide bonds. The Labute approximate surface area is 99.6 Å². The Balaban J connectivity index is 2.06. The van der Waals surface area contributed by atoms with E-state index in [1.807, 2.05) is 6.92 Å². The van der Waals surface area contributed by atoms with E-state index in [-0.39, 0.29) is 18.6 Å². The zero-order valence-corrected chi connectivity index (χ0v) is 9.85. The fourth-order valence-electron chi connectivity index (χ4n) is 1.71. The van der Waals surface area contributed by atoms with Gasteiger partial charge in [-0.15, -0.1) is 0 Å². The second-order valence-electron chi connectivity index (χ2n) is 4.05. The molecule has 0 spiro atoms. The van der Waals surface area contributed by atoms with Gasteiger partial charge in [-0.25, -0.2) is 4.68 Å². The second-order valence-corrected chi connectivity index (χ2v) is 4.05. The van der Waals surface area contributed by atoms with Crippen LogP contribution in [0.4, 0.5) is 0 Å². The molecule has 2 rings (SSSR count). The van der Waals surface area contributed by atoms with Crippen LogP contribution in [0.3, 0.4) is 0 Å². The van der Waals surface area contributed by atoms with Gasteiger partial charge in [0.1, 0.15) is 0 Å². The molecule has 6 heteroatoms. The van der Waals surface area contributed by atoms with E-state index in [1.54, 1.807) is 10.7 Å². The van der Waals surface area contributed by atoms with E-state index in [0.717, 1.165) is 13.0 Å². The van der Waals surface area contributed by atoms with Gasteiger partial charge in [-0.1, -0.05) is 6.92 Å². The van der Waals surface area contributed by atoms with E-state index in [1.165, 1.54) is 0 Å². The maximum absolute atomic E-state index is 11.8. The topological polar surface area (TPSA) is 76.4 Å². The molecule has 0 aromatic carbocycles. The normalized spacial score (nSPS) is 15.9. The highest BCUT2D eigenvalue weighted by Crippen LogP contribution is 2.18. The van der Waals surface area contributed by atoms with Gasteiger partial charge >= 0.3 is 0 Å². The number of carbonyl (C=O) groups excluding carboxylic acids is 1. The zero-order valence-electron chi connectivity index (χ0n) is 9.85. The standard InChI is InChI=1S/C11H17N3O3/c1-2-8(7-15)12-11(16)9-6-10-14(13-9)4-3-5-17-10/h6,8,15H,2-5,7H2,1H3,(H,12,16). The number of aliphatic hydroxyl groups is 1. The summed E-state index contributed by atoms with van der Waals surface area (Å²) in [4.78, 5) is 11.8. The van der Waals surface area contributed by atoms with Crippen LogP contribution in [0, 0.1) is 0 Å². The smallest absolute Gasteiger partial charge is 0.272 e. The molecule has 1 unspecified atom stereocenters. The van der Waals surface area contributed by atoms with E-state index in [2.05, 4.69) is 10.4 Å². The van der Waals surface area contributed by atoms with E-state index >= 15 is 0 Å². The predicted molar refractivity (Wildman–Crippen MR) is 61.0 cm³/mol. The van der Waals surface area contributed by atoms with Crippen LogP contribution in [0.1, 0.15) is 30.3 Å². The number of carbonyl (C=O) groups is 1. The average Bonchev–Trinajstić information content (AvgIpc) is 2.79. The molecule has 2 N–H and O–H groups in total. The molecule has 0 bridgehead atoms. The Morgan fingerprint density at radius 1 is 1.76 bits per heavy atom. The molecule has 94 valence electrons. The van der Waals surface area contributed by atoms with Gasteiger partial charge in [0.15, 0.2) is 5.69 Å². The number of ether oxygens (including phenoxy) is 1. The van der Waals surface area contributed by atoms with E-state index in [0.29, 0.717) is 24.6 Å². The Bertz CT molecular complexity index is 375. The highest BCUT2D eigenvalue weighted by molar-refractivity contribution is 5.92. The summed E-state index contributed by atoms with van der Waals surface area (Å²) in [5, 5.41) is 15.9. The quantitative estimate of drug-likeness (QED) is 0.785. The summed E-state index contributed by atoms with van der Waals surface area (Å²) in [5.74, 6) is 0.370. The molecular weight excluding hydrogens is 222 g/mol. The molecule has 6 nitrogen and oxygen atoms in total. The second kappa shape index (κ2) is 5.18. The van der Waals surface area contributed by atoms with Crippen molar-refractivity contribution in [3.63, 3.8) is 0 Å². The highest BCUT2D eigenvalue weighted by atomic mass is 16.5. The maximum Gasteiger partial charge on any atom is 0.272 e. The van der Waals surface area contributed by atoms with Gasteiger partial charge in [0, 0.05) is 19.0 Å². The Morgan fingerprint density at radius 3 is 3.24 bits per heavy atom. The van der Waals surface area contributed by atoms with Crippen LogP contribution < -0.4 is 10.1 Å². The van der Waals surface area contributed by atoms with Gasteiger partial charge in [0.2, 0.25) is 5.88 Å². The van der Waals surface area contributed by atoms with Gasteiger partial charge in [-0.05, 0) is 6.42 Å². The van der Waals surface area contributed by atoms with Crippen LogP contribution >= 0.6 is 0 Å². The lowest BCUT2D eigenvalue weighted by Gasteiger charge is -2.13. The molecule has 1 aliphatic heterocycles. The first-order chi connectivity index (χ1) is 8.24. The number of hydrogen-bond donors (Lipinski definition) is 2. The van der Waals surface area contributed by atoms with Crippen LogP contribution in [0.15, 0.2) is 6.07 Å². The fourth-order valence-corrected chi connectivity index (χ4v) is 1.71. The number of fused-ring (bicyclic) bond motifs is 1. The predicted octanol–water partition coefficient (Wildman–Crippen LogP) is 0.166. The minimum Gasteiger partial charge on any atom is -0.478 e. The lowest BCUT2D eigenvalue weighted by Crippen LogP contribution is -2.37. The Morgan fingerprint density at radius 2 is 2.59 bits per heavy atom. The summed E-state index contributed by atoms with van der Waals surface area (Å²) in [6.07, 6.45) is 1.59. The number of nitrogens with zero attached hydrogens (tertiary/aromatic N) is 2. The largest absolute Gasteiger partial charge is 0.478 e. The molecule has 0 aliphatic carbocycles. The van der Waals surface area contributed by atoms with Gasteiger partial charge in [-0.3, -0.25) is 4.79 Å². The SMILES string of the molecule is CCC(CO)NC(=O)c1cc2n(n1)CCCO2. The van der Waals surface area contributed by atoms with Gasteiger partial charge in [0.05, 0.1) is 19.3 Å². The number of rotatable bonds is 4. The van der Waals surface area contributed by atoms with E-state index in [9.17, 15) is 4.79 Å². The zero-order chi connectivity index (χ0) is 12.3. The van der Waals surface area contributed by atoms with Crippen LogP contribution in [-0.4, -0.2) is 40.0 Å². The summed E-state index contributed by atoms with van der Waals surface area (Å²) >= 11 is 0. The minimum absolute atomic E-state index is 0.0632. The van der Waals surface area contributed by atoms with Crippen molar-refractivity contribution in [1.29, 1.82) is 0 Å². The third-order valence-electron chi connectivity index (χ3n) is 2.79. The van der Waals surface area contributed by atoms with Crippen molar-refractivity contribution in [3.8, 4) is 5.88 Å². The number of nitrogens with one attached hydrogen (secondary N) is 1. The molecule has 0 radical (unpaired) electrons. The number of aliphatic hydroxyl groups excluding tert-OH is 1. The van der Waals surface area contributed by atoms with E-state index in [4.69, 9.17) is 9.84 Å². The van der Waals surface area contributed by atoms with Crippen LogP contribution in [0.25, 0.3) is 0 Å². The van der Waals surface area contributed by atoms with Crippen LogP contribution in [-0.2, 0) is 6.54 Å². The number of aryl methyl sites for hydroxylation is 1. The maximum atomic E-state index is 11.8. The monoisotopic (exact) mass is 239 g/mol. The van der Waals surface area contributed by atoms with Gasteiger partial charge in [-0.2, -0.15) is 5.10 Å². The molecule has 1 aromatic heterocycles. The van der Waals surface area contributed by atoms with Gasteiger partial charge in [0.25, 0.3) is 5.91 Å². The number of hydrogen-bond acceptors (Lipinski definition) is 4. The molecular formula is C11H17N3O3. The minimum atomic E-state index is -0.267. The fraction of sp³-hybridized carbons (Fsp3) is 0.636. The first kappa shape index (κ1) is 11.9. The average molecular weight is 239 g/mol. The molecule has 0 saturated heterocycles. The van der Waals surface area contributed by atoms with Crippen molar-refractivity contribution in [2.45, 2.75) is 32.4 Å². The van der Waals surface area contributed by atoms with E-state index < -0.39 is 0 Å². The van der Waals surface area contributed by atoms with Crippen molar-refractivity contribution in [2.75, 3.05) is 13.2 Å². The number of aromatic nitrogens is 2. The summed E-state index contributed by atoms with van der Waals surface area (Å²) in [6.45, 7) is 3.29. The van der Waals surface area contributed by atoms with Crippen molar-refractivity contribution in [3.05, 3.63) is 11.8 Å². The van der Waals surface area contributed by atoms with Gasteiger partial charge < -0.3 is 15.2 Å². The summed E-state index contributed by atoms with van der Waals surface area (Å²) in [5.41, 5.74) is 0.341. The lowest BCUT2D eigenvalue weighted by molar-refractivity contribution is 0.0909. The lowest BCUT2D eigenvalue weighted by atomic mass is 10.2. The van der Waals surface area contributed by atoms with Crippen molar-refractivity contribution >= 4 is 5.91 Å². The van der Waals surface area contributed by atoms with Crippen LogP contribution in [0.5, 0.6) is 5.88 Å². The van der Waals surface area contributed by atoms with Crippen molar-refractivity contribution in [1.82, 2.24) is 15.1 Å². The summed E-state index contributed by atoms with van der Waals surface area (Å²) in [6, 6.07) is 1.42. The molecule has 1 aliphatic rings. The summed E-state index contributed by atoms with van der Waals surface area (Å²) in [7, 11) is 0. The third kappa shape index (κ3) is 2.58. The number of amides is 1.